The van der Waals surface area contributed by atoms with Gasteiger partial charge in [0.25, 0.3) is 0 Å². The molecule has 0 bridgehead atoms. The van der Waals surface area contributed by atoms with E-state index in [9.17, 15) is 0 Å². The van der Waals surface area contributed by atoms with Crippen LogP contribution < -0.4 is 0 Å². The van der Waals surface area contributed by atoms with E-state index in [0.717, 1.165) is 9.75 Å². The first-order chi connectivity index (χ1) is 14.8. The third-order valence-corrected chi connectivity index (χ3v) is 8.32. The molecule has 0 saturated carbocycles. The highest BCUT2D eigenvalue weighted by molar-refractivity contribution is 7.22. The molecule has 0 N–H and O–H groups in total. The van der Waals surface area contributed by atoms with Crippen molar-refractivity contribution in [3.63, 3.8) is 0 Å². The van der Waals surface area contributed by atoms with Gasteiger partial charge in [0.15, 0.2) is 11.6 Å². The molecule has 0 fully saturated rings. The van der Waals surface area contributed by atoms with Crippen molar-refractivity contribution >= 4 is 69.4 Å². The van der Waals surface area contributed by atoms with Crippen LogP contribution in [-0.2, 0) is 0 Å². The lowest BCUT2D eigenvalue weighted by Crippen LogP contribution is -1.79. The summed E-state index contributed by atoms with van der Waals surface area (Å²) in [6.07, 6.45) is 3.73. The summed E-state index contributed by atoms with van der Waals surface area (Å²) in [6.45, 7) is 0. The van der Waals surface area contributed by atoms with Gasteiger partial charge >= 0.3 is 0 Å². The van der Waals surface area contributed by atoms with Gasteiger partial charge in [0.05, 0.1) is 0 Å². The van der Waals surface area contributed by atoms with E-state index >= 15 is 0 Å². The van der Waals surface area contributed by atoms with Crippen molar-refractivity contribution in [2.45, 2.75) is 0 Å². The molecule has 5 aromatic rings. The summed E-state index contributed by atoms with van der Waals surface area (Å²) in [6, 6.07) is 22.6. The summed E-state index contributed by atoms with van der Waals surface area (Å²) < 4.78 is 0. The molecule has 7 heteroatoms. The molecule has 0 saturated heterocycles. The van der Waals surface area contributed by atoms with E-state index < -0.39 is 0 Å². The van der Waals surface area contributed by atoms with Crippen LogP contribution in [0.2, 0.25) is 0 Å². The fraction of sp³-hybridized carbons (Fsp3) is 0. The number of nitrogens with zero attached hydrogens (tertiary/aromatic N) is 3. The predicted molar refractivity (Wildman–Crippen MR) is 134 cm³/mol. The van der Waals surface area contributed by atoms with E-state index in [1.165, 1.54) is 19.5 Å². The van der Waals surface area contributed by atoms with Gasteiger partial charge < -0.3 is 0 Å². The fourth-order valence-electron chi connectivity index (χ4n) is 2.76. The Bertz CT molecular complexity index is 1190. The maximum Gasteiger partial charge on any atom is 0.154 e. The highest BCUT2D eigenvalue weighted by Gasteiger charge is 2.04. The van der Waals surface area contributed by atoms with E-state index in [2.05, 4.69) is 74.3 Å². The monoisotopic (exact) mass is 461 g/mol. The second-order valence-corrected chi connectivity index (χ2v) is 10.4. The van der Waals surface area contributed by atoms with Crippen molar-refractivity contribution in [1.82, 2.24) is 4.98 Å². The molecule has 3 nitrogen and oxygen atoms in total. The van der Waals surface area contributed by atoms with Crippen molar-refractivity contribution < 1.29 is 0 Å². The van der Waals surface area contributed by atoms with Gasteiger partial charge in [0, 0.05) is 41.7 Å². The Balaban J connectivity index is 1.28. The Labute approximate surface area is 190 Å². The normalized spacial score (nSPS) is 11.7. The second kappa shape index (κ2) is 8.97. The van der Waals surface area contributed by atoms with Crippen molar-refractivity contribution in [2.24, 2.45) is 9.98 Å². The Morgan fingerprint density at radius 2 is 1.10 bits per heavy atom. The van der Waals surface area contributed by atoms with E-state index in [4.69, 9.17) is 0 Å². The number of hydrogen-bond donors (Lipinski definition) is 0. The van der Waals surface area contributed by atoms with Gasteiger partial charge in [-0.25, -0.2) is 15.0 Å². The quantitative estimate of drug-likeness (QED) is 0.235. The van der Waals surface area contributed by atoms with E-state index in [1.807, 2.05) is 30.6 Å². The van der Waals surface area contributed by atoms with Gasteiger partial charge in [0.2, 0.25) is 0 Å². The van der Waals surface area contributed by atoms with Gasteiger partial charge in [-0.2, -0.15) is 0 Å². The molecule has 0 aliphatic rings. The number of rotatable bonds is 6. The largest absolute Gasteiger partial charge is 0.236 e. The molecule has 0 atom stereocenters. The number of hydrogen-bond acceptors (Lipinski definition) is 7. The predicted octanol–water partition coefficient (Wildman–Crippen LogP) is 8.16. The van der Waals surface area contributed by atoms with Gasteiger partial charge in [-0.1, -0.05) is 18.2 Å². The van der Waals surface area contributed by atoms with E-state index in [0.29, 0.717) is 11.6 Å². The van der Waals surface area contributed by atoms with Crippen molar-refractivity contribution in [3.8, 4) is 19.5 Å². The van der Waals surface area contributed by atoms with Crippen LogP contribution in [-0.4, -0.2) is 17.4 Å². The Hall–Kier alpha value is -2.71. The summed E-state index contributed by atoms with van der Waals surface area (Å²) >= 11 is 6.96. The minimum absolute atomic E-state index is 0.654. The zero-order valence-electron chi connectivity index (χ0n) is 15.6. The first-order valence-electron chi connectivity index (χ1n) is 9.16. The summed E-state index contributed by atoms with van der Waals surface area (Å²) in [5, 5.41) is 4.19. The summed E-state index contributed by atoms with van der Waals surface area (Å²) in [7, 11) is 0. The molecular formula is C23H15N3S4. The molecule has 0 aliphatic heterocycles. The van der Waals surface area contributed by atoms with Crippen LogP contribution in [0.25, 0.3) is 19.5 Å². The topological polar surface area (TPSA) is 37.6 Å². The lowest BCUT2D eigenvalue weighted by atomic mass is 10.4. The minimum atomic E-state index is 0.654. The average Bonchev–Trinajstić information content (AvgIpc) is 3.57. The molecular weight excluding hydrogens is 447 g/mol. The molecule has 0 aromatic carbocycles. The third kappa shape index (κ3) is 4.55. The molecule has 0 aliphatic carbocycles. The van der Waals surface area contributed by atoms with Crippen LogP contribution >= 0.6 is 45.3 Å². The maximum absolute atomic E-state index is 4.53. The SMILES string of the molecule is C(=Nc1cccc(N=Cc2ccc(-c3cccs3)s2)n1)c1ccc(-c2cccs2)s1. The molecule has 146 valence electrons. The Morgan fingerprint density at radius 3 is 1.57 bits per heavy atom. The lowest BCUT2D eigenvalue weighted by Gasteiger charge is -1.95. The van der Waals surface area contributed by atoms with Crippen molar-refractivity contribution in [1.29, 1.82) is 0 Å². The van der Waals surface area contributed by atoms with Crippen LogP contribution in [0.15, 0.2) is 87.5 Å². The molecule has 5 aromatic heterocycles. The van der Waals surface area contributed by atoms with Gasteiger partial charge in [-0.3, -0.25) is 0 Å². The van der Waals surface area contributed by atoms with Crippen LogP contribution in [0.1, 0.15) is 9.75 Å². The highest BCUT2D eigenvalue weighted by atomic mass is 32.1. The Morgan fingerprint density at radius 1 is 0.567 bits per heavy atom. The number of aromatic nitrogens is 1. The minimum Gasteiger partial charge on any atom is -0.236 e. The first kappa shape index (κ1) is 19.3. The fourth-order valence-corrected chi connectivity index (χ4v) is 6.19. The van der Waals surface area contributed by atoms with Gasteiger partial charge in [-0.15, -0.1) is 45.3 Å². The summed E-state index contributed by atoms with van der Waals surface area (Å²) in [5.74, 6) is 1.31. The Kier molecular flexibility index (Phi) is 5.76. The average molecular weight is 462 g/mol. The third-order valence-electron chi connectivity index (χ3n) is 4.15. The molecule has 0 amide bonds. The standard InChI is InChI=1S/C23H15N3S4/c1-6-22(24-14-16-8-10-20(29-16)18-4-2-12-27-18)26-23(7-1)25-15-17-9-11-21(30-17)19-5-3-13-28-19/h1-15H. The van der Waals surface area contributed by atoms with E-state index in [-0.39, 0.29) is 0 Å². The molecule has 0 spiro atoms. The van der Waals surface area contributed by atoms with Crippen LogP contribution in [0.4, 0.5) is 11.6 Å². The highest BCUT2D eigenvalue weighted by Crippen LogP contribution is 2.32. The zero-order chi connectivity index (χ0) is 20.2. The molecule has 0 unspecified atom stereocenters. The van der Waals surface area contributed by atoms with Crippen molar-refractivity contribution in [3.05, 3.63) is 87.2 Å². The second-order valence-electron chi connectivity index (χ2n) is 6.23. The first-order valence-corrected chi connectivity index (χ1v) is 12.6. The summed E-state index contributed by atoms with van der Waals surface area (Å²) in [5.41, 5.74) is 0. The maximum atomic E-state index is 4.53. The molecule has 5 heterocycles. The van der Waals surface area contributed by atoms with Gasteiger partial charge in [0.1, 0.15) is 0 Å². The van der Waals surface area contributed by atoms with Crippen LogP contribution in [0.3, 0.4) is 0 Å². The smallest absolute Gasteiger partial charge is 0.154 e. The lowest BCUT2D eigenvalue weighted by molar-refractivity contribution is 1.25. The number of pyridine rings is 1. The number of aliphatic imine (C=N–C) groups is 2. The molecule has 0 radical (unpaired) electrons. The molecule has 5 rings (SSSR count). The zero-order valence-corrected chi connectivity index (χ0v) is 18.9. The number of thiophene rings is 4. The van der Waals surface area contributed by atoms with Gasteiger partial charge in [-0.05, 0) is 59.3 Å². The van der Waals surface area contributed by atoms with Crippen molar-refractivity contribution in [2.75, 3.05) is 0 Å². The van der Waals surface area contributed by atoms with Crippen LogP contribution in [0.5, 0.6) is 0 Å². The molecule has 30 heavy (non-hydrogen) atoms. The summed E-state index contributed by atoms with van der Waals surface area (Å²) in [4.78, 5) is 20.9. The van der Waals surface area contributed by atoms with E-state index in [1.54, 1.807) is 45.3 Å². The van der Waals surface area contributed by atoms with Crippen LogP contribution in [0, 0.1) is 0 Å².